The number of methoxy groups -OCH3 is 1. The zero-order chi connectivity index (χ0) is 12.0. The topological polar surface area (TPSA) is 35.2 Å². The lowest BCUT2D eigenvalue weighted by atomic mass is 9.98. The first-order valence-electron chi connectivity index (χ1n) is 6.05. The predicted molar refractivity (Wildman–Crippen MR) is 69.1 cm³/mol. The van der Waals surface area contributed by atoms with Crippen molar-refractivity contribution in [3.05, 3.63) is 29.3 Å². The largest absolute Gasteiger partial charge is 0.497 e. The Balaban J connectivity index is 2.78. The van der Waals surface area contributed by atoms with Crippen LogP contribution in [0, 0.1) is 0 Å². The standard InChI is InChI=1S/C14H23NO/c1-11(2)13-8-12(6-4-5-7-15)9-14(10-13)16-3/h8-11H,4-7,15H2,1-3H3. The molecule has 0 aromatic heterocycles. The van der Waals surface area contributed by atoms with Gasteiger partial charge in [0, 0.05) is 0 Å². The lowest BCUT2D eigenvalue weighted by Gasteiger charge is -2.11. The van der Waals surface area contributed by atoms with Gasteiger partial charge in [-0.2, -0.15) is 0 Å². The van der Waals surface area contributed by atoms with E-state index in [9.17, 15) is 0 Å². The highest BCUT2D eigenvalue weighted by atomic mass is 16.5. The van der Waals surface area contributed by atoms with Gasteiger partial charge in [-0.25, -0.2) is 0 Å². The molecule has 16 heavy (non-hydrogen) atoms. The molecule has 0 bridgehead atoms. The summed E-state index contributed by atoms with van der Waals surface area (Å²) in [6.07, 6.45) is 3.34. The zero-order valence-corrected chi connectivity index (χ0v) is 10.6. The first-order valence-corrected chi connectivity index (χ1v) is 6.05. The summed E-state index contributed by atoms with van der Waals surface area (Å²) in [5, 5.41) is 0. The Bertz CT molecular complexity index is 321. The summed E-state index contributed by atoms with van der Waals surface area (Å²) >= 11 is 0. The normalized spacial score (nSPS) is 10.8. The molecule has 0 saturated carbocycles. The van der Waals surface area contributed by atoms with E-state index >= 15 is 0 Å². The quantitative estimate of drug-likeness (QED) is 0.749. The van der Waals surface area contributed by atoms with Crippen molar-refractivity contribution in [2.75, 3.05) is 13.7 Å². The minimum absolute atomic E-state index is 0.545. The maximum atomic E-state index is 5.50. The van der Waals surface area contributed by atoms with E-state index in [0.29, 0.717) is 5.92 Å². The van der Waals surface area contributed by atoms with Crippen LogP contribution in [0.1, 0.15) is 43.7 Å². The maximum absolute atomic E-state index is 5.50. The van der Waals surface area contributed by atoms with Gasteiger partial charge >= 0.3 is 0 Å². The molecule has 0 saturated heterocycles. The van der Waals surface area contributed by atoms with Gasteiger partial charge in [-0.1, -0.05) is 19.9 Å². The van der Waals surface area contributed by atoms with Crippen LogP contribution in [0.25, 0.3) is 0 Å². The SMILES string of the molecule is COc1cc(CCCCN)cc(C(C)C)c1. The van der Waals surface area contributed by atoms with Crippen LogP contribution < -0.4 is 10.5 Å². The van der Waals surface area contributed by atoms with Gasteiger partial charge in [-0.15, -0.1) is 0 Å². The number of ether oxygens (including phenoxy) is 1. The van der Waals surface area contributed by atoms with Crippen molar-refractivity contribution in [2.24, 2.45) is 5.73 Å². The average Bonchev–Trinajstić information content (AvgIpc) is 2.29. The third-order valence-corrected chi connectivity index (χ3v) is 2.81. The van der Waals surface area contributed by atoms with Crippen LogP contribution in [0.15, 0.2) is 18.2 Å². The maximum Gasteiger partial charge on any atom is 0.119 e. The number of rotatable bonds is 6. The van der Waals surface area contributed by atoms with Crippen LogP contribution in [0.4, 0.5) is 0 Å². The molecule has 0 spiro atoms. The van der Waals surface area contributed by atoms with Crippen molar-refractivity contribution in [3.8, 4) is 5.75 Å². The molecule has 0 aliphatic rings. The molecule has 0 amide bonds. The summed E-state index contributed by atoms with van der Waals surface area (Å²) in [4.78, 5) is 0. The average molecular weight is 221 g/mol. The van der Waals surface area contributed by atoms with Gasteiger partial charge in [0.2, 0.25) is 0 Å². The highest BCUT2D eigenvalue weighted by Crippen LogP contribution is 2.23. The fourth-order valence-electron chi connectivity index (χ4n) is 1.76. The molecule has 1 rings (SSSR count). The number of hydrogen-bond acceptors (Lipinski definition) is 2. The zero-order valence-electron chi connectivity index (χ0n) is 10.6. The molecule has 0 unspecified atom stereocenters. The molecule has 2 nitrogen and oxygen atoms in total. The molecule has 0 radical (unpaired) electrons. The van der Waals surface area contributed by atoms with Gasteiger partial charge < -0.3 is 10.5 Å². The third-order valence-electron chi connectivity index (χ3n) is 2.81. The summed E-state index contributed by atoms with van der Waals surface area (Å²) < 4.78 is 5.33. The van der Waals surface area contributed by atoms with E-state index in [0.717, 1.165) is 31.6 Å². The monoisotopic (exact) mass is 221 g/mol. The molecule has 2 N–H and O–H groups in total. The highest BCUT2D eigenvalue weighted by Gasteiger charge is 2.04. The second-order valence-electron chi connectivity index (χ2n) is 4.51. The van der Waals surface area contributed by atoms with E-state index in [1.165, 1.54) is 11.1 Å². The summed E-state index contributed by atoms with van der Waals surface area (Å²) in [5.74, 6) is 1.51. The van der Waals surface area contributed by atoms with Gasteiger partial charge in [0.05, 0.1) is 7.11 Å². The van der Waals surface area contributed by atoms with Gasteiger partial charge in [0.25, 0.3) is 0 Å². The fraction of sp³-hybridized carbons (Fsp3) is 0.571. The molecule has 1 aromatic carbocycles. The van der Waals surface area contributed by atoms with Crippen molar-refractivity contribution in [2.45, 2.75) is 39.0 Å². The van der Waals surface area contributed by atoms with Crippen LogP contribution >= 0.6 is 0 Å². The van der Waals surface area contributed by atoms with Crippen molar-refractivity contribution in [1.29, 1.82) is 0 Å². The predicted octanol–water partition coefficient (Wildman–Crippen LogP) is 3.10. The molecule has 0 aliphatic heterocycles. The number of nitrogens with two attached hydrogens (primary N) is 1. The van der Waals surface area contributed by atoms with Crippen LogP contribution in [0.2, 0.25) is 0 Å². The number of benzene rings is 1. The highest BCUT2D eigenvalue weighted by molar-refractivity contribution is 5.36. The Labute approximate surface area is 98.8 Å². The van der Waals surface area contributed by atoms with E-state index in [4.69, 9.17) is 10.5 Å². The van der Waals surface area contributed by atoms with Crippen LogP contribution in [-0.2, 0) is 6.42 Å². The molecule has 0 fully saturated rings. The van der Waals surface area contributed by atoms with Crippen LogP contribution in [0.5, 0.6) is 5.75 Å². The molecule has 0 atom stereocenters. The fourth-order valence-corrected chi connectivity index (χ4v) is 1.76. The number of aryl methyl sites for hydroxylation is 1. The van der Waals surface area contributed by atoms with Crippen LogP contribution in [0.3, 0.4) is 0 Å². The van der Waals surface area contributed by atoms with E-state index in [2.05, 4.69) is 32.0 Å². The molecule has 1 aromatic rings. The first-order chi connectivity index (χ1) is 7.67. The Morgan fingerprint density at radius 2 is 1.94 bits per heavy atom. The van der Waals surface area contributed by atoms with Gasteiger partial charge in [-0.05, 0) is 55.0 Å². The molecular formula is C14H23NO. The molecule has 90 valence electrons. The minimum atomic E-state index is 0.545. The summed E-state index contributed by atoms with van der Waals surface area (Å²) in [7, 11) is 1.73. The third kappa shape index (κ3) is 3.86. The second kappa shape index (κ2) is 6.54. The lowest BCUT2D eigenvalue weighted by Crippen LogP contribution is -2.00. The van der Waals surface area contributed by atoms with Crippen molar-refractivity contribution in [1.82, 2.24) is 0 Å². The Kier molecular flexibility index (Phi) is 5.33. The smallest absolute Gasteiger partial charge is 0.119 e. The van der Waals surface area contributed by atoms with E-state index in [-0.39, 0.29) is 0 Å². The van der Waals surface area contributed by atoms with E-state index < -0.39 is 0 Å². The van der Waals surface area contributed by atoms with E-state index in [1.54, 1.807) is 7.11 Å². The van der Waals surface area contributed by atoms with E-state index in [1.807, 2.05) is 0 Å². The first kappa shape index (κ1) is 13.0. The summed E-state index contributed by atoms with van der Waals surface area (Å²) in [5.41, 5.74) is 8.21. The van der Waals surface area contributed by atoms with Gasteiger partial charge in [-0.3, -0.25) is 0 Å². The van der Waals surface area contributed by atoms with Crippen molar-refractivity contribution >= 4 is 0 Å². The summed E-state index contributed by atoms with van der Waals surface area (Å²) in [6, 6.07) is 6.53. The number of unbranched alkanes of at least 4 members (excludes halogenated alkanes) is 1. The number of hydrogen-bond donors (Lipinski definition) is 1. The minimum Gasteiger partial charge on any atom is -0.497 e. The summed E-state index contributed by atoms with van der Waals surface area (Å²) in [6.45, 7) is 5.19. The van der Waals surface area contributed by atoms with Gasteiger partial charge in [0.1, 0.15) is 5.75 Å². The molecule has 0 heterocycles. The molecule has 0 aliphatic carbocycles. The molecular weight excluding hydrogens is 198 g/mol. The Morgan fingerprint density at radius 3 is 2.50 bits per heavy atom. The van der Waals surface area contributed by atoms with Crippen LogP contribution in [-0.4, -0.2) is 13.7 Å². The van der Waals surface area contributed by atoms with Gasteiger partial charge in [0.15, 0.2) is 0 Å². The van der Waals surface area contributed by atoms with Crippen molar-refractivity contribution in [3.63, 3.8) is 0 Å². The Hall–Kier alpha value is -1.02. The second-order valence-corrected chi connectivity index (χ2v) is 4.51. The Morgan fingerprint density at radius 1 is 1.19 bits per heavy atom. The molecule has 2 heteroatoms. The lowest BCUT2D eigenvalue weighted by molar-refractivity contribution is 0.413. The van der Waals surface area contributed by atoms with Crippen molar-refractivity contribution < 1.29 is 4.74 Å².